The first-order valence-electron chi connectivity index (χ1n) is 8.02. The van der Waals surface area contributed by atoms with E-state index in [1.807, 2.05) is 60.7 Å². The molecule has 0 aliphatic carbocycles. The molecule has 0 radical (unpaired) electrons. The highest BCUT2D eigenvalue weighted by molar-refractivity contribution is 5.94. The number of carbonyl (C=O) groups is 1. The molecule has 4 rings (SSSR count). The highest BCUT2D eigenvalue weighted by Crippen LogP contribution is 2.29. The number of rotatable bonds is 3. The van der Waals surface area contributed by atoms with Gasteiger partial charge in [-0.2, -0.15) is 0 Å². The Hall–Kier alpha value is -3.40. The zero-order valence-electron chi connectivity index (χ0n) is 13.7. The van der Waals surface area contributed by atoms with E-state index in [0.29, 0.717) is 5.56 Å². The number of imidazole rings is 1. The number of phenolic OH excluding ortho intramolecular Hbond substituents is 1. The average Bonchev–Trinajstić information content (AvgIpc) is 3.02. The van der Waals surface area contributed by atoms with Crippen LogP contribution in [0.2, 0.25) is 0 Å². The van der Waals surface area contributed by atoms with E-state index in [1.54, 1.807) is 19.1 Å². The number of carbonyl (C=O) groups excluding carboxylic acids is 1. The van der Waals surface area contributed by atoms with Gasteiger partial charge in [0, 0.05) is 16.8 Å². The van der Waals surface area contributed by atoms with Crippen molar-refractivity contribution in [3.8, 4) is 22.8 Å². The fraction of sp³-hybridized carbons (Fsp3) is 0.0476. The van der Waals surface area contributed by atoms with Crippen molar-refractivity contribution in [3.63, 3.8) is 0 Å². The van der Waals surface area contributed by atoms with E-state index < -0.39 is 0 Å². The molecule has 0 saturated carbocycles. The van der Waals surface area contributed by atoms with Gasteiger partial charge in [-0.15, -0.1) is 0 Å². The second-order valence-corrected chi connectivity index (χ2v) is 5.91. The smallest absolute Gasteiger partial charge is 0.159 e. The Morgan fingerprint density at radius 2 is 1.60 bits per heavy atom. The number of hydrogen-bond acceptors (Lipinski definition) is 3. The summed E-state index contributed by atoms with van der Waals surface area (Å²) in [6.07, 6.45) is 0. The maximum absolute atomic E-state index is 11.5. The number of nitrogens with zero attached hydrogens (tertiary/aromatic N) is 2. The first-order chi connectivity index (χ1) is 12.1. The summed E-state index contributed by atoms with van der Waals surface area (Å²) < 4.78 is 2.05. The fourth-order valence-electron chi connectivity index (χ4n) is 2.94. The Morgan fingerprint density at radius 3 is 2.28 bits per heavy atom. The van der Waals surface area contributed by atoms with Gasteiger partial charge in [0.05, 0.1) is 11.0 Å². The van der Waals surface area contributed by atoms with E-state index in [1.165, 1.54) is 0 Å². The number of fused-ring (bicyclic) bond motifs is 1. The predicted molar refractivity (Wildman–Crippen MR) is 98.2 cm³/mol. The van der Waals surface area contributed by atoms with Crippen molar-refractivity contribution in [3.05, 3.63) is 78.4 Å². The van der Waals surface area contributed by atoms with Crippen molar-refractivity contribution in [2.45, 2.75) is 6.92 Å². The zero-order valence-corrected chi connectivity index (χ0v) is 13.7. The second-order valence-electron chi connectivity index (χ2n) is 5.91. The summed E-state index contributed by atoms with van der Waals surface area (Å²) >= 11 is 0. The van der Waals surface area contributed by atoms with Crippen LogP contribution in [0.3, 0.4) is 0 Å². The zero-order chi connectivity index (χ0) is 17.4. The first kappa shape index (κ1) is 15.1. The maximum Gasteiger partial charge on any atom is 0.159 e. The maximum atomic E-state index is 11.5. The highest BCUT2D eigenvalue weighted by Gasteiger charge is 2.14. The molecular formula is C21H16N2O2. The molecule has 3 aromatic carbocycles. The molecule has 0 amide bonds. The number of aromatic nitrogens is 2. The molecule has 25 heavy (non-hydrogen) atoms. The molecule has 1 N–H and O–H groups in total. The van der Waals surface area contributed by atoms with Gasteiger partial charge in [0.15, 0.2) is 5.78 Å². The minimum Gasteiger partial charge on any atom is -0.508 e. The summed E-state index contributed by atoms with van der Waals surface area (Å²) in [5.74, 6) is 1.06. The summed E-state index contributed by atoms with van der Waals surface area (Å²) in [7, 11) is 0. The van der Waals surface area contributed by atoms with Crippen molar-refractivity contribution in [2.75, 3.05) is 0 Å². The summed E-state index contributed by atoms with van der Waals surface area (Å²) in [6.45, 7) is 1.56. The highest BCUT2D eigenvalue weighted by atomic mass is 16.3. The Morgan fingerprint density at radius 1 is 0.920 bits per heavy atom. The summed E-state index contributed by atoms with van der Waals surface area (Å²) in [5, 5.41) is 9.58. The van der Waals surface area contributed by atoms with Crippen molar-refractivity contribution >= 4 is 16.8 Å². The molecule has 1 heterocycles. The molecule has 0 unspecified atom stereocenters. The molecule has 4 nitrogen and oxygen atoms in total. The largest absolute Gasteiger partial charge is 0.508 e. The lowest BCUT2D eigenvalue weighted by atomic mass is 10.1. The third-order valence-corrected chi connectivity index (χ3v) is 4.22. The standard InChI is InChI=1S/C21H16N2O2/c1-14(24)15-6-8-16(9-7-15)21-22-19-4-2-3-5-20(19)23(21)17-10-12-18(25)13-11-17/h2-13,25H,1H3. The number of benzene rings is 3. The van der Waals surface area contributed by atoms with E-state index in [9.17, 15) is 9.90 Å². The number of Topliss-reactive ketones (excluding diaryl/α,β-unsaturated/α-hetero) is 1. The van der Waals surface area contributed by atoms with Gasteiger partial charge in [0.25, 0.3) is 0 Å². The SMILES string of the molecule is CC(=O)c1ccc(-c2nc3ccccc3n2-c2ccc(O)cc2)cc1. The number of ketones is 1. The fourth-order valence-corrected chi connectivity index (χ4v) is 2.94. The lowest BCUT2D eigenvalue weighted by molar-refractivity contribution is 0.101. The molecule has 0 saturated heterocycles. The van der Waals surface area contributed by atoms with Crippen LogP contribution in [-0.4, -0.2) is 20.4 Å². The molecule has 0 aliphatic heterocycles. The van der Waals surface area contributed by atoms with Gasteiger partial charge in [0.1, 0.15) is 11.6 Å². The van der Waals surface area contributed by atoms with Gasteiger partial charge in [0.2, 0.25) is 0 Å². The van der Waals surface area contributed by atoms with Crippen molar-refractivity contribution < 1.29 is 9.90 Å². The van der Waals surface area contributed by atoms with Crippen LogP contribution in [0.1, 0.15) is 17.3 Å². The molecule has 0 atom stereocenters. The van der Waals surface area contributed by atoms with Crippen molar-refractivity contribution in [2.24, 2.45) is 0 Å². The molecule has 0 bridgehead atoms. The first-order valence-corrected chi connectivity index (χ1v) is 8.02. The van der Waals surface area contributed by atoms with Gasteiger partial charge in [-0.3, -0.25) is 9.36 Å². The number of para-hydroxylation sites is 2. The average molecular weight is 328 g/mol. The van der Waals surface area contributed by atoms with E-state index >= 15 is 0 Å². The molecule has 122 valence electrons. The van der Waals surface area contributed by atoms with Crippen LogP contribution in [0.25, 0.3) is 28.1 Å². The summed E-state index contributed by atoms with van der Waals surface area (Å²) in [6, 6.07) is 22.4. The van der Waals surface area contributed by atoms with Crippen LogP contribution in [-0.2, 0) is 0 Å². The van der Waals surface area contributed by atoms with Crippen LogP contribution in [0.4, 0.5) is 0 Å². The van der Waals surface area contributed by atoms with Gasteiger partial charge in [-0.05, 0) is 43.3 Å². The third-order valence-electron chi connectivity index (χ3n) is 4.22. The van der Waals surface area contributed by atoms with Gasteiger partial charge >= 0.3 is 0 Å². The molecule has 4 heteroatoms. The van der Waals surface area contributed by atoms with Crippen molar-refractivity contribution in [1.29, 1.82) is 0 Å². The third kappa shape index (κ3) is 2.68. The molecule has 0 spiro atoms. The van der Waals surface area contributed by atoms with Crippen LogP contribution < -0.4 is 0 Å². The summed E-state index contributed by atoms with van der Waals surface area (Å²) in [4.78, 5) is 16.3. The topological polar surface area (TPSA) is 55.1 Å². The Bertz CT molecular complexity index is 1060. The van der Waals surface area contributed by atoms with Crippen molar-refractivity contribution in [1.82, 2.24) is 9.55 Å². The quantitative estimate of drug-likeness (QED) is 0.559. The minimum absolute atomic E-state index is 0.0404. The molecule has 0 aliphatic rings. The van der Waals surface area contributed by atoms with Crippen LogP contribution >= 0.6 is 0 Å². The Kier molecular flexibility index (Phi) is 3.58. The number of phenols is 1. The van der Waals surface area contributed by atoms with E-state index in [-0.39, 0.29) is 11.5 Å². The molecule has 4 aromatic rings. The minimum atomic E-state index is 0.0404. The lowest BCUT2D eigenvalue weighted by Gasteiger charge is -2.10. The van der Waals surface area contributed by atoms with Gasteiger partial charge in [-0.1, -0.05) is 36.4 Å². The predicted octanol–water partition coefficient (Wildman–Crippen LogP) is 4.60. The van der Waals surface area contributed by atoms with Crippen LogP contribution in [0.15, 0.2) is 72.8 Å². The number of hydrogen-bond donors (Lipinski definition) is 1. The van der Waals surface area contributed by atoms with Gasteiger partial charge < -0.3 is 5.11 Å². The van der Waals surface area contributed by atoms with Crippen LogP contribution in [0.5, 0.6) is 5.75 Å². The van der Waals surface area contributed by atoms with E-state index in [2.05, 4.69) is 4.57 Å². The Labute approximate surface area is 145 Å². The molecular weight excluding hydrogens is 312 g/mol. The van der Waals surface area contributed by atoms with E-state index in [4.69, 9.17) is 4.98 Å². The molecule has 1 aromatic heterocycles. The lowest BCUT2D eigenvalue weighted by Crippen LogP contribution is -1.98. The van der Waals surface area contributed by atoms with Gasteiger partial charge in [-0.25, -0.2) is 4.98 Å². The van der Waals surface area contributed by atoms with Crippen LogP contribution in [0, 0.1) is 0 Å². The van der Waals surface area contributed by atoms with E-state index in [0.717, 1.165) is 28.1 Å². The second kappa shape index (κ2) is 5.91. The monoisotopic (exact) mass is 328 g/mol. The molecule has 0 fully saturated rings. The number of aromatic hydroxyl groups is 1. The normalized spacial score (nSPS) is 10.9. The summed E-state index contributed by atoms with van der Waals surface area (Å²) in [5.41, 5.74) is 4.39. The Balaban J connectivity index is 1.95.